The summed E-state index contributed by atoms with van der Waals surface area (Å²) in [5.41, 5.74) is 0.891. The first-order valence-electron chi connectivity index (χ1n) is 7.51. The van der Waals surface area contributed by atoms with E-state index in [-0.39, 0.29) is 11.9 Å². The predicted octanol–water partition coefficient (Wildman–Crippen LogP) is 3.06. The zero-order valence-corrected chi connectivity index (χ0v) is 14.4. The summed E-state index contributed by atoms with van der Waals surface area (Å²) in [7, 11) is 0. The fraction of sp³-hybridized carbons (Fsp3) is 0.500. The van der Waals surface area contributed by atoms with Crippen molar-refractivity contribution in [1.29, 1.82) is 0 Å². The van der Waals surface area contributed by atoms with Gasteiger partial charge in [-0.05, 0) is 38.8 Å². The highest BCUT2D eigenvalue weighted by Crippen LogP contribution is 2.26. The van der Waals surface area contributed by atoms with Crippen molar-refractivity contribution in [3.8, 4) is 10.8 Å². The summed E-state index contributed by atoms with van der Waals surface area (Å²) in [6, 6.07) is 4.13. The monoisotopic (exact) mass is 321 g/mol. The summed E-state index contributed by atoms with van der Waals surface area (Å²) < 4.78 is 5.75. The van der Waals surface area contributed by atoms with E-state index in [9.17, 15) is 4.79 Å². The van der Waals surface area contributed by atoms with Gasteiger partial charge < -0.3 is 9.73 Å². The molecule has 5 nitrogen and oxygen atoms in total. The number of aryl methyl sites for hydroxylation is 1. The predicted molar refractivity (Wildman–Crippen MR) is 88.8 cm³/mol. The number of amides is 1. The Hall–Kier alpha value is -1.66. The van der Waals surface area contributed by atoms with Crippen LogP contribution >= 0.6 is 11.3 Å². The summed E-state index contributed by atoms with van der Waals surface area (Å²) in [5, 5.41) is 4.92. The van der Waals surface area contributed by atoms with Gasteiger partial charge >= 0.3 is 0 Å². The number of carbonyl (C=O) groups excluding carboxylic acids is 1. The summed E-state index contributed by atoms with van der Waals surface area (Å²) in [6.45, 7) is 9.65. The number of hydrogen-bond donors (Lipinski definition) is 1. The molecule has 0 aliphatic heterocycles. The number of nitrogens with zero attached hydrogens (tertiary/aromatic N) is 2. The maximum Gasteiger partial charge on any atom is 0.236 e. The molecular weight excluding hydrogens is 298 g/mol. The number of hydrogen-bond acceptors (Lipinski definition) is 5. The molecule has 2 heterocycles. The molecule has 0 spiro atoms. The first kappa shape index (κ1) is 16.7. The van der Waals surface area contributed by atoms with Crippen molar-refractivity contribution in [2.24, 2.45) is 0 Å². The fourth-order valence-corrected chi connectivity index (χ4v) is 2.79. The number of aromatic nitrogens is 1. The highest BCUT2D eigenvalue weighted by atomic mass is 32.1. The van der Waals surface area contributed by atoms with E-state index in [4.69, 9.17) is 4.42 Å². The molecule has 0 aliphatic carbocycles. The Bertz CT molecular complexity index is 605. The minimum atomic E-state index is 0.0384. The molecule has 2 rings (SSSR count). The van der Waals surface area contributed by atoms with Gasteiger partial charge in [0, 0.05) is 12.6 Å². The quantitative estimate of drug-likeness (QED) is 0.851. The lowest BCUT2D eigenvalue weighted by Crippen LogP contribution is -2.39. The fourth-order valence-electron chi connectivity index (χ4n) is 2.14. The largest absolute Gasteiger partial charge is 0.440 e. The van der Waals surface area contributed by atoms with Crippen molar-refractivity contribution in [3.63, 3.8) is 0 Å². The molecule has 0 radical (unpaired) electrons. The van der Waals surface area contributed by atoms with E-state index in [1.54, 1.807) is 11.3 Å². The molecule has 2 aromatic heterocycles. The van der Waals surface area contributed by atoms with Gasteiger partial charge in [0.2, 0.25) is 11.8 Å². The Balaban J connectivity index is 2.03. The first-order valence-corrected chi connectivity index (χ1v) is 8.39. The van der Waals surface area contributed by atoms with Gasteiger partial charge in [0.25, 0.3) is 0 Å². The third kappa shape index (κ3) is 4.42. The molecule has 0 saturated carbocycles. The van der Waals surface area contributed by atoms with Gasteiger partial charge in [-0.2, -0.15) is 0 Å². The van der Waals surface area contributed by atoms with E-state index < -0.39 is 0 Å². The first-order chi connectivity index (χ1) is 10.5. The minimum absolute atomic E-state index is 0.0384. The van der Waals surface area contributed by atoms with Crippen LogP contribution in [0.5, 0.6) is 0 Å². The summed E-state index contributed by atoms with van der Waals surface area (Å²) >= 11 is 1.61. The van der Waals surface area contributed by atoms with E-state index in [0.29, 0.717) is 19.0 Å². The molecule has 0 saturated heterocycles. The van der Waals surface area contributed by atoms with Crippen molar-refractivity contribution in [2.75, 3.05) is 13.1 Å². The molecule has 0 aliphatic rings. The van der Waals surface area contributed by atoms with E-state index in [0.717, 1.165) is 22.9 Å². The molecule has 120 valence electrons. The number of carbonyl (C=O) groups is 1. The van der Waals surface area contributed by atoms with Crippen molar-refractivity contribution in [2.45, 2.75) is 40.3 Å². The number of oxazole rings is 1. The van der Waals surface area contributed by atoms with Gasteiger partial charge in [0.1, 0.15) is 5.76 Å². The van der Waals surface area contributed by atoms with Gasteiger partial charge in [-0.15, -0.1) is 11.3 Å². The maximum absolute atomic E-state index is 11.9. The summed E-state index contributed by atoms with van der Waals surface area (Å²) in [4.78, 5) is 19.6. The average molecular weight is 321 g/mol. The van der Waals surface area contributed by atoms with Crippen LogP contribution in [0.1, 0.15) is 32.2 Å². The molecule has 0 aromatic carbocycles. The van der Waals surface area contributed by atoms with Gasteiger partial charge in [0.15, 0.2) is 0 Å². The standard InChI is InChI=1S/C16H23N3O2S/c1-5-19(10-15(20)17-11(2)3)9-13-12(4)21-16(18-13)14-7-6-8-22-14/h6-8,11H,5,9-10H2,1-4H3,(H,17,20). The van der Waals surface area contributed by atoms with Crippen LogP contribution in [0.15, 0.2) is 21.9 Å². The second kappa shape index (κ2) is 7.56. The second-order valence-electron chi connectivity index (χ2n) is 5.52. The molecular formula is C16H23N3O2S. The highest BCUT2D eigenvalue weighted by Gasteiger charge is 2.16. The van der Waals surface area contributed by atoms with Crippen LogP contribution < -0.4 is 5.32 Å². The van der Waals surface area contributed by atoms with Gasteiger partial charge in [-0.3, -0.25) is 9.69 Å². The second-order valence-corrected chi connectivity index (χ2v) is 6.47. The summed E-state index contributed by atoms with van der Waals surface area (Å²) in [5.74, 6) is 1.51. The normalized spacial score (nSPS) is 11.4. The van der Waals surface area contributed by atoms with E-state index in [1.165, 1.54) is 0 Å². The molecule has 0 unspecified atom stereocenters. The van der Waals surface area contributed by atoms with Gasteiger partial charge in [0.05, 0.1) is 17.1 Å². The van der Waals surface area contributed by atoms with Crippen LogP contribution in [0.25, 0.3) is 10.8 Å². The molecule has 0 fully saturated rings. The number of likely N-dealkylation sites (N-methyl/N-ethyl adjacent to an activating group) is 1. The molecule has 6 heteroatoms. The van der Waals surface area contributed by atoms with Crippen LogP contribution in [0.4, 0.5) is 0 Å². The molecule has 0 bridgehead atoms. The third-order valence-electron chi connectivity index (χ3n) is 3.26. The molecule has 1 N–H and O–H groups in total. The Morgan fingerprint density at radius 1 is 1.50 bits per heavy atom. The van der Waals surface area contributed by atoms with Crippen LogP contribution in [0.3, 0.4) is 0 Å². The van der Waals surface area contributed by atoms with Crippen molar-refractivity contribution in [1.82, 2.24) is 15.2 Å². The number of rotatable bonds is 7. The third-order valence-corrected chi connectivity index (χ3v) is 4.12. The Morgan fingerprint density at radius 3 is 2.86 bits per heavy atom. The lowest BCUT2D eigenvalue weighted by atomic mass is 10.3. The van der Waals surface area contributed by atoms with Crippen molar-refractivity contribution < 1.29 is 9.21 Å². The Labute approximate surface area is 135 Å². The lowest BCUT2D eigenvalue weighted by Gasteiger charge is -2.19. The van der Waals surface area contributed by atoms with E-state index in [2.05, 4.69) is 15.2 Å². The van der Waals surface area contributed by atoms with Crippen LogP contribution in [0.2, 0.25) is 0 Å². The Kier molecular flexibility index (Phi) is 5.74. The van der Waals surface area contributed by atoms with Crippen molar-refractivity contribution in [3.05, 3.63) is 29.0 Å². The highest BCUT2D eigenvalue weighted by molar-refractivity contribution is 7.13. The molecule has 22 heavy (non-hydrogen) atoms. The molecule has 0 atom stereocenters. The SMILES string of the molecule is CCN(CC(=O)NC(C)C)Cc1nc(-c2cccs2)oc1C. The van der Waals surface area contributed by atoms with Crippen molar-refractivity contribution >= 4 is 17.2 Å². The summed E-state index contributed by atoms with van der Waals surface area (Å²) in [6.07, 6.45) is 0. The average Bonchev–Trinajstić information content (AvgIpc) is 3.07. The Morgan fingerprint density at radius 2 is 2.27 bits per heavy atom. The smallest absolute Gasteiger partial charge is 0.236 e. The van der Waals surface area contributed by atoms with E-state index >= 15 is 0 Å². The maximum atomic E-state index is 11.9. The zero-order valence-electron chi connectivity index (χ0n) is 13.5. The van der Waals surface area contributed by atoms with Gasteiger partial charge in [-0.1, -0.05) is 13.0 Å². The van der Waals surface area contributed by atoms with Crippen LogP contribution in [-0.2, 0) is 11.3 Å². The zero-order chi connectivity index (χ0) is 16.1. The van der Waals surface area contributed by atoms with Gasteiger partial charge in [-0.25, -0.2) is 4.98 Å². The number of thiophene rings is 1. The van der Waals surface area contributed by atoms with Crippen LogP contribution in [0, 0.1) is 6.92 Å². The van der Waals surface area contributed by atoms with Crippen LogP contribution in [-0.4, -0.2) is 34.9 Å². The minimum Gasteiger partial charge on any atom is -0.440 e. The number of nitrogens with one attached hydrogen (secondary N) is 1. The van der Waals surface area contributed by atoms with E-state index in [1.807, 2.05) is 45.2 Å². The lowest BCUT2D eigenvalue weighted by molar-refractivity contribution is -0.122. The topological polar surface area (TPSA) is 58.4 Å². The molecule has 1 amide bonds. The molecule has 2 aromatic rings.